The largest absolute Gasteiger partial charge is 0.416 e. The van der Waals surface area contributed by atoms with Gasteiger partial charge in [-0.3, -0.25) is 4.79 Å². The lowest BCUT2D eigenvalue weighted by Gasteiger charge is -2.31. The quantitative estimate of drug-likeness (QED) is 0.705. The molecule has 1 saturated heterocycles. The number of quaternary nitrogens is 1. The van der Waals surface area contributed by atoms with Crippen LogP contribution in [0.15, 0.2) is 29.2 Å². The van der Waals surface area contributed by atoms with Gasteiger partial charge in [-0.25, -0.2) is 8.42 Å². The second-order valence-electron chi connectivity index (χ2n) is 7.55. The Kier molecular flexibility index (Phi) is 6.02. The maximum Gasteiger partial charge on any atom is 0.416 e. The van der Waals surface area contributed by atoms with Gasteiger partial charge in [-0.15, -0.1) is 0 Å². The Morgan fingerprint density at radius 3 is 2.29 bits per heavy atom. The summed E-state index contributed by atoms with van der Waals surface area (Å²) in [5, 5.41) is 2.99. The molecule has 0 unspecified atom stereocenters. The second kappa shape index (κ2) is 8.00. The lowest BCUT2D eigenvalue weighted by Crippen LogP contribution is -3.15. The van der Waals surface area contributed by atoms with Crippen LogP contribution in [0.4, 0.5) is 13.2 Å². The van der Waals surface area contributed by atoms with Crippen molar-refractivity contribution in [1.82, 2.24) is 9.62 Å². The van der Waals surface area contributed by atoms with Crippen LogP contribution >= 0.6 is 0 Å². The van der Waals surface area contributed by atoms with Gasteiger partial charge in [0.2, 0.25) is 10.0 Å². The number of hydrogen-bond donors (Lipinski definition) is 2. The first-order valence-electron chi connectivity index (χ1n) is 9.37. The SMILES string of the molecule is C[C@@H](NC(=O)C[NH+]1CCN(S(=O)(=O)c2ccc(C(F)(F)F)cc2)CC1)C1CC1. The number of alkyl halides is 3. The van der Waals surface area contributed by atoms with Crippen molar-refractivity contribution in [3.05, 3.63) is 29.8 Å². The average molecular weight is 420 g/mol. The molecule has 156 valence electrons. The number of carbonyl (C=O) groups excluding carboxylic acids is 1. The van der Waals surface area contributed by atoms with E-state index in [2.05, 4.69) is 5.32 Å². The number of amides is 1. The van der Waals surface area contributed by atoms with Crippen molar-refractivity contribution in [2.24, 2.45) is 5.92 Å². The molecule has 1 heterocycles. The Hall–Kier alpha value is -1.65. The van der Waals surface area contributed by atoms with Gasteiger partial charge in [0.25, 0.3) is 5.91 Å². The van der Waals surface area contributed by atoms with Crippen molar-refractivity contribution < 1.29 is 31.3 Å². The zero-order valence-corrected chi connectivity index (χ0v) is 16.4. The highest BCUT2D eigenvalue weighted by molar-refractivity contribution is 7.89. The maximum atomic E-state index is 12.7. The zero-order chi connectivity index (χ0) is 20.5. The fourth-order valence-corrected chi connectivity index (χ4v) is 4.87. The molecule has 0 spiro atoms. The van der Waals surface area contributed by atoms with Gasteiger partial charge in [-0.1, -0.05) is 0 Å². The molecule has 1 saturated carbocycles. The first kappa shape index (κ1) is 21.1. The van der Waals surface area contributed by atoms with E-state index in [1.54, 1.807) is 0 Å². The van der Waals surface area contributed by atoms with Gasteiger partial charge >= 0.3 is 6.18 Å². The monoisotopic (exact) mass is 420 g/mol. The molecule has 1 aliphatic heterocycles. The maximum absolute atomic E-state index is 12.7. The third-order valence-corrected chi connectivity index (χ3v) is 7.29. The fraction of sp³-hybridized carbons (Fsp3) is 0.611. The lowest BCUT2D eigenvalue weighted by atomic mass is 10.2. The minimum absolute atomic E-state index is 0.0338. The highest BCUT2D eigenvalue weighted by Gasteiger charge is 2.34. The third kappa shape index (κ3) is 5.03. The van der Waals surface area contributed by atoms with Gasteiger partial charge in [0.05, 0.1) is 36.6 Å². The Morgan fingerprint density at radius 2 is 1.79 bits per heavy atom. The molecule has 28 heavy (non-hydrogen) atoms. The predicted molar refractivity (Wildman–Crippen MR) is 96.1 cm³/mol. The van der Waals surface area contributed by atoms with Crippen LogP contribution in [0.1, 0.15) is 25.3 Å². The highest BCUT2D eigenvalue weighted by Crippen LogP contribution is 2.32. The number of sulfonamides is 1. The van der Waals surface area contributed by atoms with Crippen LogP contribution < -0.4 is 10.2 Å². The lowest BCUT2D eigenvalue weighted by molar-refractivity contribution is -0.895. The van der Waals surface area contributed by atoms with Gasteiger partial charge in [0.1, 0.15) is 0 Å². The van der Waals surface area contributed by atoms with Crippen molar-refractivity contribution in [3.63, 3.8) is 0 Å². The van der Waals surface area contributed by atoms with Crippen molar-refractivity contribution in [2.45, 2.75) is 36.9 Å². The number of rotatable bonds is 6. The van der Waals surface area contributed by atoms with Crippen molar-refractivity contribution in [1.29, 1.82) is 0 Å². The third-order valence-electron chi connectivity index (χ3n) is 5.38. The van der Waals surface area contributed by atoms with E-state index in [4.69, 9.17) is 0 Å². The van der Waals surface area contributed by atoms with Gasteiger partial charge in [-0.2, -0.15) is 17.5 Å². The molecule has 0 radical (unpaired) electrons. The molecule has 2 fully saturated rings. The van der Waals surface area contributed by atoms with Gasteiger partial charge in [0.15, 0.2) is 6.54 Å². The van der Waals surface area contributed by atoms with Crippen LogP contribution in [-0.4, -0.2) is 57.4 Å². The molecule has 2 N–H and O–H groups in total. The molecule has 1 amide bonds. The molecule has 0 bridgehead atoms. The normalized spacial score (nSPS) is 20.7. The zero-order valence-electron chi connectivity index (χ0n) is 15.6. The molecule has 10 heteroatoms. The summed E-state index contributed by atoms with van der Waals surface area (Å²) in [5.74, 6) is 0.540. The van der Waals surface area contributed by atoms with Gasteiger partial charge < -0.3 is 10.2 Å². The molecule has 3 rings (SSSR count). The van der Waals surface area contributed by atoms with E-state index in [-0.39, 0.29) is 29.9 Å². The van der Waals surface area contributed by atoms with Crippen molar-refractivity contribution >= 4 is 15.9 Å². The first-order valence-corrected chi connectivity index (χ1v) is 10.8. The molecule has 0 aromatic heterocycles. The number of nitrogens with one attached hydrogen (secondary N) is 2. The summed E-state index contributed by atoms with van der Waals surface area (Å²) in [4.78, 5) is 13.0. The van der Waals surface area contributed by atoms with Gasteiger partial charge in [0, 0.05) is 6.04 Å². The summed E-state index contributed by atoms with van der Waals surface area (Å²) in [7, 11) is -3.85. The first-order chi connectivity index (χ1) is 13.1. The van der Waals surface area contributed by atoms with Crippen LogP contribution in [0.3, 0.4) is 0 Å². The number of piperazine rings is 1. The van der Waals surface area contributed by atoms with E-state index in [0.717, 1.165) is 42.0 Å². The number of benzene rings is 1. The van der Waals surface area contributed by atoms with Crippen molar-refractivity contribution in [3.8, 4) is 0 Å². The molecule has 1 aromatic carbocycles. The number of carbonyl (C=O) groups is 1. The minimum atomic E-state index is -4.51. The summed E-state index contributed by atoms with van der Waals surface area (Å²) in [6, 6.07) is 3.71. The second-order valence-corrected chi connectivity index (χ2v) is 9.48. The Morgan fingerprint density at radius 1 is 1.21 bits per heavy atom. The number of halogens is 3. The molecule has 1 aromatic rings. The number of hydrogen-bond acceptors (Lipinski definition) is 3. The minimum Gasteiger partial charge on any atom is -0.348 e. The summed E-state index contributed by atoms with van der Waals surface area (Å²) in [5.41, 5.74) is -0.882. The fourth-order valence-electron chi connectivity index (χ4n) is 3.43. The number of nitrogens with zero attached hydrogens (tertiary/aromatic N) is 1. The Balaban J connectivity index is 1.53. The Bertz CT molecular complexity index is 800. The molecule has 6 nitrogen and oxygen atoms in total. The predicted octanol–water partition coefficient (Wildman–Crippen LogP) is 0.509. The van der Waals surface area contributed by atoms with Crippen LogP contribution in [0.2, 0.25) is 0 Å². The molecule has 2 aliphatic rings. The molecule has 1 aliphatic carbocycles. The summed E-state index contributed by atoms with van der Waals surface area (Å²) < 4.78 is 64.5. The van der Waals surface area contributed by atoms with Crippen molar-refractivity contribution in [2.75, 3.05) is 32.7 Å². The smallest absolute Gasteiger partial charge is 0.348 e. The highest BCUT2D eigenvalue weighted by atomic mass is 32.2. The van der Waals surface area contributed by atoms with E-state index in [0.29, 0.717) is 25.6 Å². The van der Waals surface area contributed by atoms with E-state index >= 15 is 0 Å². The molecular weight excluding hydrogens is 395 g/mol. The van der Waals surface area contributed by atoms with Crippen LogP contribution in [0.25, 0.3) is 0 Å². The van der Waals surface area contributed by atoms with Crippen LogP contribution in [-0.2, 0) is 21.0 Å². The topological polar surface area (TPSA) is 70.9 Å². The van der Waals surface area contributed by atoms with E-state index < -0.39 is 21.8 Å². The van der Waals surface area contributed by atoms with Crippen LogP contribution in [0.5, 0.6) is 0 Å². The average Bonchev–Trinajstić information content (AvgIpc) is 3.46. The molecular formula is C18H25F3N3O3S+. The van der Waals surface area contributed by atoms with Gasteiger partial charge in [-0.05, 0) is 49.9 Å². The van der Waals surface area contributed by atoms with E-state index in [9.17, 15) is 26.4 Å². The summed E-state index contributed by atoms with van der Waals surface area (Å²) in [6.07, 6.45) is -2.21. The Labute approximate surface area is 162 Å². The molecule has 1 atom stereocenters. The summed E-state index contributed by atoms with van der Waals surface area (Å²) >= 11 is 0. The summed E-state index contributed by atoms with van der Waals surface area (Å²) in [6.45, 7) is 3.70. The van der Waals surface area contributed by atoms with Crippen LogP contribution in [0, 0.1) is 5.92 Å². The van der Waals surface area contributed by atoms with E-state index in [1.165, 1.54) is 4.31 Å². The standard InChI is InChI=1S/C18H24F3N3O3S/c1-13(14-2-3-14)22-17(25)12-23-8-10-24(11-9-23)28(26,27)16-6-4-15(5-7-16)18(19,20)21/h4-7,13-14H,2-3,8-12H2,1H3,(H,22,25)/p+1/t13-/m1/s1. The van der Waals surface area contributed by atoms with E-state index in [1.807, 2.05) is 6.92 Å².